The lowest BCUT2D eigenvalue weighted by atomic mass is 10.1. The van der Waals surface area contributed by atoms with E-state index >= 15 is 0 Å². The number of carbonyl (C=O) groups excluding carboxylic acids is 3. The van der Waals surface area contributed by atoms with Gasteiger partial charge in [-0.25, -0.2) is 4.79 Å². The van der Waals surface area contributed by atoms with Crippen LogP contribution in [0.4, 0.5) is 0 Å². The van der Waals surface area contributed by atoms with Gasteiger partial charge in [0.05, 0.1) is 29.6 Å². The normalized spacial score (nSPS) is 16.4. The maximum atomic E-state index is 12.9. The first-order valence-electron chi connectivity index (χ1n) is 10.4. The highest BCUT2D eigenvalue weighted by atomic mass is 16.6. The Hall–Kier alpha value is -3.38. The van der Waals surface area contributed by atoms with Gasteiger partial charge in [0.2, 0.25) is 11.8 Å². The number of imide groups is 1. The number of imidazole rings is 1. The fourth-order valence-corrected chi connectivity index (χ4v) is 3.57. The minimum Gasteiger partial charge on any atom is -0.460 e. The van der Waals surface area contributed by atoms with Crippen LogP contribution in [0.1, 0.15) is 51.6 Å². The quantitative estimate of drug-likeness (QED) is 0.325. The molecule has 1 aromatic heterocycles. The first-order chi connectivity index (χ1) is 15.1. The van der Waals surface area contributed by atoms with Crippen LogP contribution in [-0.2, 0) is 30.9 Å². The number of nitrogens with zero attached hydrogens (tertiary/aromatic N) is 2. The molecule has 0 aliphatic carbocycles. The first kappa shape index (κ1) is 23.3. The van der Waals surface area contributed by atoms with E-state index in [1.807, 2.05) is 0 Å². The topological polar surface area (TPSA) is 109 Å². The third-order valence-electron chi connectivity index (χ3n) is 4.89. The lowest BCUT2D eigenvalue weighted by Crippen LogP contribution is -2.44. The molecule has 0 bridgehead atoms. The molecule has 32 heavy (non-hydrogen) atoms. The summed E-state index contributed by atoms with van der Waals surface area (Å²) in [6.45, 7) is 5.72. The maximum Gasteiger partial charge on any atom is 0.329 e. The zero-order chi connectivity index (χ0) is 23.5. The van der Waals surface area contributed by atoms with Crippen molar-refractivity contribution in [3.05, 3.63) is 34.2 Å². The number of aryl methyl sites for hydroxylation is 1. The predicted molar refractivity (Wildman–Crippen MR) is 117 cm³/mol. The number of rotatable bonds is 5. The Morgan fingerprint density at radius 2 is 2.00 bits per heavy atom. The molecule has 1 unspecified atom stereocenters. The molecule has 1 saturated heterocycles. The van der Waals surface area contributed by atoms with Crippen molar-refractivity contribution in [2.45, 2.75) is 51.7 Å². The summed E-state index contributed by atoms with van der Waals surface area (Å²) in [4.78, 5) is 48.4. The van der Waals surface area contributed by atoms with E-state index in [1.54, 1.807) is 46.0 Å². The number of amides is 2. The lowest BCUT2D eigenvalue weighted by molar-refractivity contribution is -0.156. The Morgan fingerprint density at radius 3 is 2.69 bits per heavy atom. The molecule has 9 nitrogen and oxygen atoms in total. The van der Waals surface area contributed by atoms with Crippen LogP contribution in [0, 0.1) is 11.8 Å². The van der Waals surface area contributed by atoms with Crippen molar-refractivity contribution in [3.63, 3.8) is 0 Å². The van der Waals surface area contributed by atoms with Crippen molar-refractivity contribution in [2.24, 2.45) is 7.05 Å². The second-order valence-electron chi connectivity index (χ2n) is 8.54. The number of para-hydroxylation sites is 1. The van der Waals surface area contributed by atoms with Crippen molar-refractivity contribution in [1.82, 2.24) is 14.5 Å². The van der Waals surface area contributed by atoms with Gasteiger partial charge < -0.3 is 9.47 Å². The van der Waals surface area contributed by atoms with Gasteiger partial charge in [0.15, 0.2) is 0 Å². The molecule has 1 aliphatic rings. The minimum absolute atomic E-state index is 0.112. The van der Waals surface area contributed by atoms with E-state index in [4.69, 9.17) is 9.47 Å². The fourth-order valence-electron chi connectivity index (χ4n) is 3.57. The second kappa shape index (κ2) is 9.40. The molecule has 0 saturated carbocycles. The van der Waals surface area contributed by atoms with Crippen LogP contribution >= 0.6 is 0 Å². The van der Waals surface area contributed by atoms with Gasteiger partial charge >= 0.3 is 11.7 Å². The number of esters is 1. The van der Waals surface area contributed by atoms with E-state index in [9.17, 15) is 19.2 Å². The monoisotopic (exact) mass is 441 g/mol. The molecule has 2 amide bonds. The van der Waals surface area contributed by atoms with E-state index in [-0.39, 0.29) is 50.0 Å². The van der Waals surface area contributed by atoms with E-state index in [0.29, 0.717) is 16.6 Å². The Bertz CT molecular complexity index is 1170. The van der Waals surface area contributed by atoms with E-state index in [0.717, 1.165) is 0 Å². The second-order valence-corrected chi connectivity index (χ2v) is 8.54. The van der Waals surface area contributed by atoms with Gasteiger partial charge in [-0.2, -0.15) is 0 Å². The summed E-state index contributed by atoms with van der Waals surface area (Å²) >= 11 is 0. The van der Waals surface area contributed by atoms with Crippen LogP contribution in [0.3, 0.4) is 0 Å². The summed E-state index contributed by atoms with van der Waals surface area (Å²) in [5, 5.41) is 2.29. The summed E-state index contributed by atoms with van der Waals surface area (Å²) in [5.74, 6) is 4.74. The van der Waals surface area contributed by atoms with Crippen LogP contribution in [-0.4, -0.2) is 45.7 Å². The molecule has 1 aromatic carbocycles. The lowest BCUT2D eigenvalue weighted by Gasteiger charge is -2.21. The number of fused-ring (bicyclic) bond motifs is 1. The highest BCUT2D eigenvalue weighted by Crippen LogP contribution is 2.24. The zero-order valence-corrected chi connectivity index (χ0v) is 18.7. The van der Waals surface area contributed by atoms with Gasteiger partial charge in [-0.1, -0.05) is 17.9 Å². The molecule has 3 rings (SSSR count). The van der Waals surface area contributed by atoms with Crippen molar-refractivity contribution in [2.75, 3.05) is 13.2 Å². The fraction of sp³-hybridized carbons (Fsp3) is 0.478. The van der Waals surface area contributed by atoms with Crippen LogP contribution in [0.15, 0.2) is 23.0 Å². The third kappa shape index (κ3) is 5.26. The van der Waals surface area contributed by atoms with Gasteiger partial charge in [0, 0.05) is 13.5 Å². The number of benzene rings is 1. The molecular formula is C23H27N3O6. The highest BCUT2D eigenvalue weighted by Gasteiger charge is 2.31. The number of hydrogen-bond acceptors (Lipinski definition) is 6. The summed E-state index contributed by atoms with van der Waals surface area (Å²) < 4.78 is 13.5. The number of aromatic nitrogens is 2. The number of piperidine rings is 1. The average molecular weight is 441 g/mol. The minimum atomic E-state index is -0.747. The SMILES string of the molecule is Cn1c(=O)n(C2CCC(=O)NC2=O)c2cccc(C#CCOCCC(=O)OC(C)(C)C)c21. The third-order valence-corrected chi connectivity index (χ3v) is 4.89. The van der Waals surface area contributed by atoms with E-state index in [1.165, 1.54) is 9.13 Å². The first-order valence-corrected chi connectivity index (χ1v) is 10.4. The zero-order valence-electron chi connectivity index (χ0n) is 18.7. The summed E-state index contributed by atoms with van der Waals surface area (Å²) in [6.07, 6.45) is 0.586. The Labute approximate surface area is 185 Å². The molecule has 1 aliphatic heterocycles. The Kier molecular flexibility index (Phi) is 6.84. The number of hydrogen-bond donors (Lipinski definition) is 1. The van der Waals surface area contributed by atoms with Gasteiger partial charge in [-0.3, -0.25) is 28.8 Å². The molecule has 1 N–H and O–H groups in total. The molecule has 1 fully saturated rings. The van der Waals surface area contributed by atoms with E-state index in [2.05, 4.69) is 17.2 Å². The molecule has 2 aromatic rings. The molecule has 2 heterocycles. The number of ether oxygens (including phenoxy) is 2. The molecule has 170 valence electrons. The van der Waals surface area contributed by atoms with Crippen LogP contribution < -0.4 is 11.0 Å². The van der Waals surface area contributed by atoms with Crippen LogP contribution in [0.5, 0.6) is 0 Å². The predicted octanol–water partition coefficient (Wildman–Crippen LogP) is 1.42. The van der Waals surface area contributed by atoms with Crippen molar-refractivity contribution < 1.29 is 23.9 Å². The number of carbonyl (C=O) groups is 3. The van der Waals surface area contributed by atoms with Crippen molar-refractivity contribution in [3.8, 4) is 11.8 Å². The summed E-state index contributed by atoms with van der Waals surface area (Å²) in [6, 6.07) is 4.55. The molecule has 1 atom stereocenters. The maximum absolute atomic E-state index is 12.9. The molecular weight excluding hydrogens is 414 g/mol. The summed E-state index contributed by atoms with van der Waals surface area (Å²) in [7, 11) is 1.62. The summed E-state index contributed by atoms with van der Waals surface area (Å²) in [5.41, 5.74) is 0.907. The van der Waals surface area contributed by atoms with Gasteiger partial charge in [-0.15, -0.1) is 0 Å². The Morgan fingerprint density at radius 1 is 1.25 bits per heavy atom. The van der Waals surface area contributed by atoms with Crippen LogP contribution in [0.25, 0.3) is 11.0 Å². The standard InChI is InChI=1S/C23H27N3O6/c1-23(2,3)32-19(28)12-14-31-13-6-8-15-7-5-9-16-20(15)25(4)22(30)26(16)17-10-11-18(27)24-21(17)29/h5,7,9,17H,10-14H2,1-4H3,(H,24,27,29). The van der Waals surface area contributed by atoms with Crippen molar-refractivity contribution in [1.29, 1.82) is 0 Å². The molecule has 9 heteroatoms. The van der Waals surface area contributed by atoms with Crippen molar-refractivity contribution >= 4 is 28.8 Å². The van der Waals surface area contributed by atoms with Gasteiger partial charge in [-0.05, 0) is 39.3 Å². The van der Waals surface area contributed by atoms with E-state index < -0.39 is 17.6 Å². The van der Waals surface area contributed by atoms with Gasteiger partial charge in [0.25, 0.3) is 0 Å². The molecule has 0 radical (unpaired) electrons. The van der Waals surface area contributed by atoms with Gasteiger partial charge in [0.1, 0.15) is 18.2 Å². The molecule has 0 spiro atoms. The highest BCUT2D eigenvalue weighted by molar-refractivity contribution is 6.00. The smallest absolute Gasteiger partial charge is 0.329 e. The Balaban J connectivity index is 1.73. The number of nitrogens with one attached hydrogen (secondary N) is 1. The van der Waals surface area contributed by atoms with Crippen LogP contribution in [0.2, 0.25) is 0 Å². The largest absolute Gasteiger partial charge is 0.460 e. The average Bonchev–Trinajstić information content (AvgIpc) is 2.95.